The van der Waals surface area contributed by atoms with Crippen LogP contribution in [-0.4, -0.2) is 21.4 Å². The third-order valence-electron chi connectivity index (χ3n) is 3.00. The van der Waals surface area contributed by atoms with Crippen molar-refractivity contribution in [2.45, 2.75) is 25.8 Å². The summed E-state index contributed by atoms with van der Waals surface area (Å²) >= 11 is 1.53. The maximum atomic E-state index is 11.9. The van der Waals surface area contributed by atoms with E-state index in [9.17, 15) is 10.1 Å². The zero-order valence-electron chi connectivity index (χ0n) is 12.8. The number of para-hydroxylation sites is 1. The fraction of sp³-hybridized carbons (Fsp3) is 0.312. The van der Waals surface area contributed by atoms with Crippen molar-refractivity contribution >= 4 is 23.5 Å². The summed E-state index contributed by atoms with van der Waals surface area (Å²) in [6.07, 6.45) is 0. The summed E-state index contributed by atoms with van der Waals surface area (Å²) in [4.78, 5) is 11.9. The quantitative estimate of drug-likeness (QED) is 0.858. The number of anilines is 1. The van der Waals surface area contributed by atoms with Crippen LogP contribution in [0.1, 0.15) is 26.3 Å². The Morgan fingerprint density at radius 1 is 1.41 bits per heavy atom. The fourth-order valence-corrected chi connectivity index (χ4v) is 2.69. The zero-order chi connectivity index (χ0) is 16.1. The molecular formula is C16H18N4OS. The number of carbonyl (C=O) groups excluding carboxylic acids is 1. The molecule has 1 heterocycles. The predicted molar refractivity (Wildman–Crippen MR) is 88.1 cm³/mol. The van der Waals surface area contributed by atoms with Gasteiger partial charge in [0.2, 0.25) is 5.91 Å². The van der Waals surface area contributed by atoms with Gasteiger partial charge in [-0.1, -0.05) is 39.0 Å². The number of nitriles is 1. The fourth-order valence-electron chi connectivity index (χ4n) is 1.87. The summed E-state index contributed by atoms with van der Waals surface area (Å²) in [5.74, 6) is 0.809. The standard InChI is InChI=1S/C16H18N4OS/c1-4-22-16-13(10-17)14(18-15(21)11(2)3)19-20(16)12-8-6-5-7-9-12/h5-9,11H,4H2,1-3H3,(H,18,19,21). The monoisotopic (exact) mass is 314 g/mol. The van der Waals surface area contributed by atoms with Gasteiger partial charge in [-0.05, 0) is 17.9 Å². The van der Waals surface area contributed by atoms with Gasteiger partial charge in [0, 0.05) is 5.92 Å². The number of nitrogens with one attached hydrogen (secondary N) is 1. The van der Waals surface area contributed by atoms with E-state index in [1.165, 1.54) is 11.8 Å². The highest BCUT2D eigenvalue weighted by Gasteiger charge is 2.21. The van der Waals surface area contributed by atoms with Crippen molar-refractivity contribution in [2.75, 3.05) is 11.1 Å². The lowest BCUT2D eigenvalue weighted by Crippen LogP contribution is -2.18. The first-order valence-corrected chi connectivity index (χ1v) is 8.09. The molecule has 0 aliphatic rings. The molecule has 0 aliphatic heterocycles. The Kier molecular flexibility index (Phi) is 5.23. The molecule has 0 unspecified atom stereocenters. The molecule has 0 spiro atoms. The van der Waals surface area contributed by atoms with E-state index in [1.54, 1.807) is 18.5 Å². The normalized spacial score (nSPS) is 10.5. The minimum absolute atomic E-state index is 0.151. The van der Waals surface area contributed by atoms with Gasteiger partial charge >= 0.3 is 0 Å². The molecule has 114 valence electrons. The van der Waals surface area contributed by atoms with Crippen LogP contribution in [-0.2, 0) is 4.79 Å². The molecule has 5 nitrogen and oxygen atoms in total. The lowest BCUT2D eigenvalue weighted by molar-refractivity contribution is -0.118. The summed E-state index contributed by atoms with van der Waals surface area (Å²) in [5, 5.41) is 17.4. The molecule has 0 fully saturated rings. The molecule has 2 rings (SSSR count). The topological polar surface area (TPSA) is 70.7 Å². The molecule has 0 bridgehead atoms. The number of rotatable bonds is 5. The van der Waals surface area contributed by atoms with Gasteiger partial charge in [0.15, 0.2) is 5.82 Å². The first kappa shape index (κ1) is 16.1. The minimum Gasteiger partial charge on any atom is -0.308 e. The molecule has 6 heteroatoms. The van der Waals surface area contributed by atoms with Gasteiger partial charge in [-0.15, -0.1) is 16.9 Å². The predicted octanol–water partition coefficient (Wildman–Crippen LogP) is 3.45. The number of aromatic nitrogens is 2. The van der Waals surface area contributed by atoms with Gasteiger partial charge in [-0.25, -0.2) is 4.68 Å². The summed E-state index contributed by atoms with van der Waals surface area (Å²) < 4.78 is 1.71. The van der Waals surface area contributed by atoms with Crippen LogP contribution in [0.3, 0.4) is 0 Å². The molecule has 1 aromatic heterocycles. The van der Waals surface area contributed by atoms with Gasteiger partial charge in [0.1, 0.15) is 16.7 Å². The maximum Gasteiger partial charge on any atom is 0.228 e. The second kappa shape index (κ2) is 7.14. The molecule has 2 aromatic rings. The van der Waals surface area contributed by atoms with Crippen molar-refractivity contribution in [2.24, 2.45) is 5.92 Å². The Hall–Kier alpha value is -2.26. The second-order valence-corrected chi connectivity index (χ2v) is 6.22. The minimum atomic E-state index is -0.171. The van der Waals surface area contributed by atoms with E-state index in [2.05, 4.69) is 16.5 Å². The summed E-state index contributed by atoms with van der Waals surface area (Å²) in [5.41, 5.74) is 1.27. The van der Waals surface area contributed by atoms with E-state index >= 15 is 0 Å². The van der Waals surface area contributed by atoms with Crippen molar-refractivity contribution < 1.29 is 4.79 Å². The Labute approximate surface area is 134 Å². The van der Waals surface area contributed by atoms with Crippen LogP contribution >= 0.6 is 11.8 Å². The van der Waals surface area contributed by atoms with E-state index in [0.29, 0.717) is 11.4 Å². The van der Waals surface area contributed by atoms with E-state index in [4.69, 9.17) is 0 Å². The van der Waals surface area contributed by atoms with E-state index in [0.717, 1.165) is 16.5 Å². The van der Waals surface area contributed by atoms with Crippen LogP contribution in [0.5, 0.6) is 0 Å². The zero-order valence-corrected chi connectivity index (χ0v) is 13.6. The van der Waals surface area contributed by atoms with Gasteiger partial charge in [-0.2, -0.15) is 5.26 Å². The third kappa shape index (κ3) is 3.31. The number of hydrogen-bond donors (Lipinski definition) is 1. The Balaban J connectivity index is 2.52. The van der Waals surface area contributed by atoms with Crippen molar-refractivity contribution in [1.82, 2.24) is 9.78 Å². The first-order valence-electron chi connectivity index (χ1n) is 7.10. The number of hydrogen-bond acceptors (Lipinski definition) is 4. The van der Waals surface area contributed by atoms with Crippen LogP contribution in [0.25, 0.3) is 5.69 Å². The average molecular weight is 314 g/mol. The van der Waals surface area contributed by atoms with Gasteiger partial charge in [-0.3, -0.25) is 4.79 Å². The lowest BCUT2D eigenvalue weighted by Gasteiger charge is -2.05. The SMILES string of the molecule is CCSc1c(C#N)c(NC(=O)C(C)C)nn1-c1ccccc1. The molecule has 1 amide bonds. The van der Waals surface area contributed by atoms with Crippen LogP contribution < -0.4 is 5.32 Å². The number of benzene rings is 1. The number of nitrogens with zero attached hydrogens (tertiary/aromatic N) is 3. The Morgan fingerprint density at radius 3 is 2.64 bits per heavy atom. The largest absolute Gasteiger partial charge is 0.308 e. The van der Waals surface area contributed by atoms with Gasteiger partial charge < -0.3 is 5.32 Å². The number of amides is 1. The summed E-state index contributed by atoms with van der Waals surface area (Å²) in [6.45, 7) is 5.62. The van der Waals surface area contributed by atoms with Crippen LogP contribution in [0.2, 0.25) is 0 Å². The molecule has 0 atom stereocenters. The molecule has 1 N–H and O–H groups in total. The first-order chi connectivity index (χ1) is 10.6. The maximum absolute atomic E-state index is 11.9. The summed E-state index contributed by atoms with van der Waals surface area (Å²) in [7, 11) is 0. The highest BCUT2D eigenvalue weighted by Crippen LogP contribution is 2.30. The molecule has 22 heavy (non-hydrogen) atoms. The molecular weight excluding hydrogens is 296 g/mol. The second-order valence-electron chi connectivity index (χ2n) is 4.96. The van der Waals surface area contributed by atoms with Crippen LogP contribution in [0, 0.1) is 17.2 Å². The number of carbonyl (C=O) groups is 1. The highest BCUT2D eigenvalue weighted by molar-refractivity contribution is 7.99. The van der Waals surface area contributed by atoms with E-state index in [-0.39, 0.29) is 11.8 Å². The highest BCUT2D eigenvalue weighted by atomic mass is 32.2. The number of thioether (sulfide) groups is 1. The van der Waals surface area contributed by atoms with E-state index < -0.39 is 0 Å². The van der Waals surface area contributed by atoms with Gasteiger partial charge in [0.05, 0.1) is 5.69 Å². The molecule has 0 saturated heterocycles. The Morgan fingerprint density at radius 2 is 2.09 bits per heavy atom. The van der Waals surface area contributed by atoms with Crippen molar-refractivity contribution in [3.8, 4) is 11.8 Å². The average Bonchev–Trinajstić information content (AvgIpc) is 2.86. The molecule has 1 aromatic carbocycles. The molecule has 0 radical (unpaired) electrons. The van der Waals surface area contributed by atoms with Crippen LogP contribution in [0.4, 0.5) is 5.82 Å². The molecule has 0 aliphatic carbocycles. The Bertz CT molecular complexity index is 701. The van der Waals surface area contributed by atoms with Crippen molar-refractivity contribution in [3.63, 3.8) is 0 Å². The summed E-state index contributed by atoms with van der Waals surface area (Å²) in [6, 6.07) is 11.7. The molecule has 0 saturated carbocycles. The smallest absolute Gasteiger partial charge is 0.228 e. The third-order valence-corrected chi connectivity index (χ3v) is 3.94. The van der Waals surface area contributed by atoms with Crippen molar-refractivity contribution in [1.29, 1.82) is 5.26 Å². The van der Waals surface area contributed by atoms with Crippen molar-refractivity contribution in [3.05, 3.63) is 35.9 Å². The van der Waals surface area contributed by atoms with Crippen LogP contribution in [0.15, 0.2) is 35.4 Å². The van der Waals surface area contributed by atoms with Gasteiger partial charge in [0.25, 0.3) is 0 Å². The van der Waals surface area contributed by atoms with E-state index in [1.807, 2.05) is 37.3 Å². The lowest BCUT2D eigenvalue weighted by atomic mass is 10.2.